The normalized spacial score (nSPS) is 18.2. The van der Waals surface area contributed by atoms with Gasteiger partial charge in [0.2, 0.25) is 5.91 Å². The lowest BCUT2D eigenvalue weighted by atomic mass is 9.77. The lowest BCUT2D eigenvalue weighted by Gasteiger charge is -2.38. The van der Waals surface area contributed by atoms with Crippen molar-refractivity contribution in [3.63, 3.8) is 0 Å². The second-order valence-electron chi connectivity index (χ2n) is 9.89. The van der Waals surface area contributed by atoms with E-state index >= 15 is 0 Å². The molecule has 1 aliphatic carbocycles. The smallest absolute Gasteiger partial charge is 0.342 e. The van der Waals surface area contributed by atoms with Crippen molar-refractivity contribution in [2.45, 2.75) is 69.9 Å². The number of benzene rings is 2. The minimum Gasteiger partial charge on any atom is -0.342 e. The van der Waals surface area contributed by atoms with Crippen LogP contribution in [0.2, 0.25) is 5.02 Å². The molecule has 0 N–H and O–H groups in total. The molecule has 5 rings (SSSR count). The van der Waals surface area contributed by atoms with Crippen LogP contribution >= 0.6 is 11.6 Å². The fourth-order valence-electron chi connectivity index (χ4n) is 5.93. The molecular formula is C28H33ClN4O2. The first-order valence-electron chi connectivity index (χ1n) is 12.8. The van der Waals surface area contributed by atoms with Crippen LogP contribution in [-0.2, 0) is 23.3 Å². The third kappa shape index (κ3) is 4.56. The van der Waals surface area contributed by atoms with E-state index in [1.165, 1.54) is 0 Å². The molecule has 184 valence electrons. The van der Waals surface area contributed by atoms with Gasteiger partial charge < -0.3 is 4.90 Å². The monoisotopic (exact) mass is 492 g/mol. The number of carbonyl (C=O) groups excluding carboxylic acids is 1. The van der Waals surface area contributed by atoms with Crippen LogP contribution in [0.5, 0.6) is 0 Å². The quantitative estimate of drug-likeness (QED) is 0.487. The van der Waals surface area contributed by atoms with Gasteiger partial charge in [-0.25, -0.2) is 9.48 Å². The second-order valence-corrected chi connectivity index (χ2v) is 10.3. The minimum absolute atomic E-state index is 0.0579. The molecule has 1 saturated carbocycles. The van der Waals surface area contributed by atoms with Crippen molar-refractivity contribution < 1.29 is 4.79 Å². The number of aromatic nitrogens is 3. The highest BCUT2D eigenvalue weighted by atomic mass is 35.5. The predicted octanol–water partition coefficient (Wildman–Crippen LogP) is 4.98. The molecule has 0 bridgehead atoms. The first-order valence-corrected chi connectivity index (χ1v) is 13.2. The van der Waals surface area contributed by atoms with E-state index in [4.69, 9.17) is 16.7 Å². The summed E-state index contributed by atoms with van der Waals surface area (Å²) in [5.74, 6) is 1.28. The van der Waals surface area contributed by atoms with Crippen molar-refractivity contribution in [2.75, 3.05) is 13.1 Å². The van der Waals surface area contributed by atoms with Crippen LogP contribution in [0.15, 0.2) is 59.4 Å². The summed E-state index contributed by atoms with van der Waals surface area (Å²) >= 11 is 6.12. The van der Waals surface area contributed by atoms with E-state index in [1.54, 1.807) is 9.25 Å². The van der Waals surface area contributed by atoms with E-state index in [2.05, 4.69) is 0 Å². The Morgan fingerprint density at radius 2 is 1.69 bits per heavy atom. The number of hydrogen-bond acceptors (Lipinski definition) is 3. The Balaban J connectivity index is 1.32. The number of rotatable bonds is 6. The lowest BCUT2D eigenvalue weighted by Crippen LogP contribution is -2.48. The van der Waals surface area contributed by atoms with E-state index in [1.807, 2.05) is 66.4 Å². The molecule has 35 heavy (non-hydrogen) atoms. The number of halogens is 1. The molecule has 3 aromatic rings. The number of likely N-dealkylation sites (tertiary alicyclic amines) is 1. The lowest BCUT2D eigenvalue weighted by molar-refractivity contribution is -0.138. The number of carbonyl (C=O) groups is 1. The van der Waals surface area contributed by atoms with Gasteiger partial charge in [-0.15, -0.1) is 0 Å². The molecular weight excluding hydrogens is 460 g/mol. The van der Waals surface area contributed by atoms with Gasteiger partial charge in [-0.3, -0.25) is 9.36 Å². The molecule has 0 radical (unpaired) electrons. The average molecular weight is 493 g/mol. The van der Waals surface area contributed by atoms with Gasteiger partial charge in [-0.2, -0.15) is 5.10 Å². The zero-order valence-corrected chi connectivity index (χ0v) is 21.1. The van der Waals surface area contributed by atoms with Gasteiger partial charge in [-0.1, -0.05) is 66.9 Å². The molecule has 1 amide bonds. The van der Waals surface area contributed by atoms with E-state index in [0.717, 1.165) is 55.5 Å². The Bertz CT molecular complexity index is 1220. The van der Waals surface area contributed by atoms with E-state index in [-0.39, 0.29) is 17.5 Å². The highest BCUT2D eigenvalue weighted by Gasteiger charge is 2.45. The largest absolute Gasteiger partial charge is 0.346 e. The maximum absolute atomic E-state index is 13.9. The zero-order chi connectivity index (χ0) is 24.4. The highest BCUT2D eigenvalue weighted by Crippen LogP contribution is 2.43. The molecule has 1 saturated heterocycles. The molecule has 1 aliphatic heterocycles. The van der Waals surface area contributed by atoms with Crippen molar-refractivity contribution in [3.8, 4) is 0 Å². The predicted molar refractivity (Wildman–Crippen MR) is 138 cm³/mol. The molecule has 2 aliphatic rings. The SMILES string of the molecule is CCn1c(C2CCN(C(=O)C3(c4ccc(Cl)cc4)CCCC3)CC2)nn(Cc2ccccc2)c1=O. The number of hydrogen-bond donors (Lipinski definition) is 0. The van der Waals surface area contributed by atoms with Crippen molar-refractivity contribution in [3.05, 3.63) is 87.1 Å². The second kappa shape index (κ2) is 10.0. The average Bonchev–Trinajstić information content (AvgIpc) is 3.51. The van der Waals surface area contributed by atoms with Crippen LogP contribution in [0.1, 0.15) is 68.3 Å². The van der Waals surface area contributed by atoms with Gasteiger partial charge in [0.25, 0.3) is 0 Å². The van der Waals surface area contributed by atoms with Crippen molar-refractivity contribution in [1.29, 1.82) is 0 Å². The van der Waals surface area contributed by atoms with Gasteiger partial charge in [0, 0.05) is 30.6 Å². The van der Waals surface area contributed by atoms with Gasteiger partial charge >= 0.3 is 5.69 Å². The summed E-state index contributed by atoms with van der Waals surface area (Å²) in [6, 6.07) is 17.8. The summed E-state index contributed by atoms with van der Waals surface area (Å²) in [7, 11) is 0. The molecule has 2 aromatic carbocycles. The molecule has 2 heterocycles. The van der Waals surface area contributed by atoms with E-state index in [9.17, 15) is 9.59 Å². The van der Waals surface area contributed by atoms with E-state index < -0.39 is 5.41 Å². The summed E-state index contributed by atoms with van der Waals surface area (Å²) in [4.78, 5) is 28.9. The Morgan fingerprint density at radius 3 is 2.31 bits per heavy atom. The molecule has 0 atom stereocenters. The van der Waals surface area contributed by atoms with Crippen LogP contribution in [0.3, 0.4) is 0 Å². The van der Waals surface area contributed by atoms with Crippen LogP contribution in [0.4, 0.5) is 0 Å². The van der Waals surface area contributed by atoms with Crippen molar-refractivity contribution in [2.24, 2.45) is 0 Å². The van der Waals surface area contributed by atoms with Crippen molar-refractivity contribution in [1.82, 2.24) is 19.2 Å². The Labute approximate surface area is 211 Å². The standard InChI is InChI=1S/C28H33ClN4O2/c1-2-32-25(30-33(27(32)35)20-21-8-4-3-5-9-21)22-14-18-31(19-15-22)26(34)28(16-6-7-17-28)23-10-12-24(29)13-11-23/h3-5,8-13,22H,2,6-7,14-20H2,1H3. The van der Waals surface area contributed by atoms with Gasteiger partial charge in [-0.05, 0) is 55.9 Å². The number of nitrogens with zero attached hydrogens (tertiary/aromatic N) is 4. The maximum atomic E-state index is 13.9. The third-order valence-electron chi connectivity index (χ3n) is 7.85. The summed E-state index contributed by atoms with van der Waals surface area (Å²) in [5, 5.41) is 5.47. The minimum atomic E-state index is -0.430. The summed E-state index contributed by atoms with van der Waals surface area (Å²) in [5.41, 5.74) is 1.66. The van der Waals surface area contributed by atoms with Crippen LogP contribution in [-0.4, -0.2) is 38.2 Å². The summed E-state index contributed by atoms with van der Waals surface area (Å²) in [6.07, 6.45) is 5.59. The van der Waals surface area contributed by atoms with Gasteiger partial charge in [0.05, 0.1) is 12.0 Å². The molecule has 2 fully saturated rings. The van der Waals surface area contributed by atoms with Gasteiger partial charge in [0.15, 0.2) is 0 Å². The maximum Gasteiger partial charge on any atom is 0.346 e. The van der Waals surface area contributed by atoms with Crippen LogP contribution < -0.4 is 5.69 Å². The molecule has 0 spiro atoms. The fraction of sp³-hybridized carbons (Fsp3) is 0.464. The highest BCUT2D eigenvalue weighted by molar-refractivity contribution is 6.30. The number of piperidine rings is 1. The first kappa shape index (κ1) is 23.9. The van der Waals surface area contributed by atoms with Gasteiger partial charge in [0.1, 0.15) is 5.82 Å². The Hall–Kier alpha value is -2.86. The van der Waals surface area contributed by atoms with Crippen LogP contribution in [0, 0.1) is 0 Å². The van der Waals surface area contributed by atoms with Crippen LogP contribution in [0.25, 0.3) is 0 Å². The van der Waals surface area contributed by atoms with Crippen molar-refractivity contribution >= 4 is 17.5 Å². The third-order valence-corrected chi connectivity index (χ3v) is 8.11. The number of amides is 1. The van der Waals surface area contributed by atoms with E-state index in [0.29, 0.717) is 31.2 Å². The topological polar surface area (TPSA) is 60.1 Å². The molecule has 1 aromatic heterocycles. The fourth-order valence-corrected chi connectivity index (χ4v) is 6.06. The zero-order valence-electron chi connectivity index (χ0n) is 20.3. The summed E-state index contributed by atoms with van der Waals surface area (Å²) < 4.78 is 3.39. The molecule has 0 unspecified atom stereocenters. The molecule has 7 heteroatoms. The first-order chi connectivity index (χ1) is 17.0. The summed E-state index contributed by atoms with van der Waals surface area (Å²) in [6.45, 7) is 4.46. The Kier molecular flexibility index (Phi) is 6.83. The molecule has 6 nitrogen and oxygen atoms in total. The Morgan fingerprint density at radius 1 is 1.03 bits per heavy atom.